The highest BCUT2D eigenvalue weighted by Crippen LogP contribution is 2.25. The Morgan fingerprint density at radius 1 is 1.07 bits per heavy atom. The second-order valence-electron chi connectivity index (χ2n) is 6.75. The molecule has 0 heterocycles. The maximum absolute atomic E-state index is 13.0. The number of carbonyl (C=O) groups excluding carboxylic acids is 2. The first-order valence-corrected chi connectivity index (χ1v) is 11.8. The van der Waals surface area contributed by atoms with Crippen LogP contribution in [0.15, 0.2) is 47.4 Å². The van der Waals surface area contributed by atoms with Crippen LogP contribution in [0.3, 0.4) is 0 Å². The SMILES string of the molecule is CCNC(=O)C(C)N(Cc1ccc(Cl)c(Cl)c1)C(=O)CCCSc1ccc(Cl)cc1. The molecule has 0 fully saturated rings. The highest BCUT2D eigenvalue weighted by atomic mass is 35.5. The van der Waals surface area contributed by atoms with Gasteiger partial charge in [0.25, 0.3) is 0 Å². The molecular formula is C22H25Cl3N2O2S. The molecule has 0 aliphatic carbocycles. The Kier molecular flexibility index (Phi) is 10.3. The molecule has 8 heteroatoms. The Labute approximate surface area is 197 Å². The van der Waals surface area contributed by atoms with Crippen molar-refractivity contribution in [2.24, 2.45) is 0 Å². The van der Waals surface area contributed by atoms with E-state index in [4.69, 9.17) is 34.8 Å². The van der Waals surface area contributed by atoms with Crippen molar-refractivity contribution in [3.05, 3.63) is 63.1 Å². The summed E-state index contributed by atoms with van der Waals surface area (Å²) in [6.45, 7) is 4.39. The van der Waals surface area contributed by atoms with Crippen molar-refractivity contribution in [1.29, 1.82) is 0 Å². The second-order valence-corrected chi connectivity index (χ2v) is 9.17. The lowest BCUT2D eigenvalue weighted by Gasteiger charge is -2.29. The molecule has 2 aromatic rings. The van der Waals surface area contributed by atoms with E-state index in [0.717, 1.165) is 16.2 Å². The number of carbonyl (C=O) groups is 2. The van der Waals surface area contributed by atoms with Crippen LogP contribution < -0.4 is 5.32 Å². The Morgan fingerprint density at radius 2 is 1.77 bits per heavy atom. The average molecular weight is 488 g/mol. The first kappa shape index (κ1) is 24.9. The van der Waals surface area contributed by atoms with Gasteiger partial charge >= 0.3 is 0 Å². The van der Waals surface area contributed by atoms with E-state index in [9.17, 15) is 9.59 Å². The molecule has 4 nitrogen and oxygen atoms in total. The van der Waals surface area contributed by atoms with Crippen LogP contribution in [-0.4, -0.2) is 35.1 Å². The van der Waals surface area contributed by atoms with E-state index in [1.165, 1.54) is 0 Å². The topological polar surface area (TPSA) is 49.4 Å². The highest BCUT2D eigenvalue weighted by molar-refractivity contribution is 7.99. The summed E-state index contributed by atoms with van der Waals surface area (Å²) in [5.41, 5.74) is 0.824. The maximum atomic E-state index is 13.0. The van der Waals surface area contributed by atoms with Gasteiger partial charge in [-0.05, 0) is 68.0 Å². The third-order valence-corrected chi connectivity index (χ3v) is 6.56. The fourth-order valence-corrected chi connectivity index (χ4v) is 4.13. The zero-order chi connectivity index (χ0) is 22.1. The summed E-state index contributed by atoms with van der Waals surface area (Å²) in [7, 11) is 0. The van der Waals surface area contributed by atoms with Crippen LogP contribution in [0.4, 0.5) is 0 Å². The van der Waals surface area contributed by atoms with E-state index in [1.807, 2.05) is 37.3 Å². The molecule has 0 bridgehead atoms. The lowest BCUT2D eigenvalue weighted by atomic mass is 10.1. The summed E-state index contributed by atoms with van der Waals surface area (Å²) in [5, 5.41) is 4.36. The van der Waals surface area contributed by atoms with Crippen molar-refractivity contribution in [2.45, 2.75) is 44.2 Å². The molecule has 0 spiro atoms. The first-order chi connectivity index (χ1) is 14.3. The number of hydrogen-bond acceptors (Lipinski definition) is 3. The van der Waals surface area contributed by atoms with Crippen molar-refractivity contribution in [1.82, 2.24) is 10.2 Å². The second kappa shape index (κ2) is 12.5. The zero-order valence-electron chi connectivity index (χ0n) is 17.0. The van der Waals surface area contributed by atoms with Crippen molar-refractivity contribution >= 4 is 58.4 Å². The van der Waals surface area contributed by atoms with E-state index in [1.54, 1.807) is 35.7 Å². The van der Waals surface area contributed by atoms with E-state index < -0.39 is 6.04 Å². The van der Waals surface area contributed by atoms with Crippen LogP contribution >= 0.6 is 46.6 Å². The normalized spacial score (nSPS) is 11.8. The van der Waals surface area contributed by atoms with E-state index in [0.29, 0.717) is 41.0 Å². The minimum Gasteiger partial charge on any atom is -0.355 e. The number of nitrogens with zero attached hydrogens (tertiary/aromatic N) is 1. The summed E-state index contributed by atoms with van der Waals surface area (Å²) in [5.74, 6) is 0.543. The van der Waals surface area contributed by atoms with Gasteiger partial charge in [0.05, 0.1) is 10.0 Å². The minimum atomic E-state index is -0.587. The van der Waals surface area contributed by atoms with Gasteiger partial charge in [-0.15, -0.1) is 11.8 Å². The number of benzene rings is 2. The molecule has 2 rings (SSSR count). The summed E-state index contributed by atoms with van der Waals surface area (Å²) < 4.78 is 0. The standard InChI is InChI=1S/C22H25Cl3N2O2S/c1-3-26-22(29)15(2)27(14-16-6-11-19(24)20(25)13-16)21(28)5-4-12-30-18-9-7-17(23)8-10-18/h6-11,13,15H,3-5,12,14H2,1-2H3,(H,26,29). The number of amides is 2. The van der Waals surface area contributed by atoms with Crippen molar-refractivity contribution < 1.29 is 9.59 Å². The lowest BCUT2D eigenvalue weighted by Crippen LogP contribution is -2.47. The third-order valence-electron chi connectivity index (χ3n) is 4.47. The third kappa shape index (κ3) is 7.69. The molecule has 2 aromatic carbocycles. The molecule has 30 heavy (non-hydrogen) atoms. The quantitative estimate of drug-likeness (QED) is 0.327. The number of likely N-dealkylation sites (N-methyl/N-ethyl adjacent to an activating group) is 1. The largest absolute Gasteiger partial charge is 0.355 e. The Bertz CT molecular complexity index is 862. The van der Waals surface area contributed by atoms with Gasteiger partial charge < -0.3 is 10.2 Å². The zero-order valence-corrected chi connectivity index (χ0v) is 20.0. The molecule has 0 saturated heterocycles. The van der Waals surface area contributed by atoms with Crippen LogP contribution in [0.5, 0.6) is 0 Å². The van der Waals surface area contributed by atoms with Crippen LogP contribution in [0.2, 0.25) is 15.1 Å². The summed E-state index contributed by atoms with van der Waals surface area (Å²) in [6, 6.07) is 12.3. The molecule has 0 aliphatic rings. The monoisotopic (exact) mass is 486 g/mol. The van der Waals surface area contributed by atoms with Crippen LogP contribution in [0.1, 0.15) is 32.3 Å². The predicted molar refractivity (Wildman–Crippen MR) is 127 cm³/mol. The highest BCUT2D eigenvalue weighted by Gasteiger charge is 2.25. The molecule has 162 valence electrons. The van der Waals surface area contributed by atoms with Gasteiger partial charge in [0.15, 0.2) is 0 Å². The fraction of sp³-hybridized carbons (Fsp3) is 0.364. The average Bonchev–Trinajstić information content (AvgIpc) is 2.72. The Morgan fingerprint density at radius 3 is 2.40 bits per heavy atom. The summed E-state index contributed by atoms with van der Waals surface area (Å²) in [6.07, 6.45) is 1.05. The number of thioether (sulfide) groups is 1. The smallest absolute Gasteiger partial charge is 0.242 e. The van der Waals surface area contributed by atoms with Gasteiger partial charge in [0.1, 0.15) is 6.04 Å². The fourth-order valence-electron chi connectivity index (χ4n) is 2.83. The first-order valence-electron chi connectivity index (χ1n) is 9.71. The number of halogens is 3. The number of nitrogens with one attached hydrogen (secondary N) is 1. The van der Waals surface area contributed by atoms with E-state index >= 15 is 0 Å². The minimum absolute atomic E-state index is 0.0727. The molecule has 2 amide bonds. The van der Waals surface area contributed by atoms with Crippen molar-refractivity contribution in [3.8, 4) is 0 Å². The van der Waals surface area contributed by atoms with Gasteiger partial charge in [0.2, 0.25) is 11.8 Å². The van der Waals surface area contributed by atoms with Crippen LogP contribution in [-0.2, 0) is 16.1 Å². The molecule has 1 unspecified atom stereocenters. The Balaban J connectivity index is 2.00. The predicted octanol–water partition coefficient (Wildman–Crippen LogP) is 6.07. The van der Waals surface area contributed by atoms with E-state index in [2.05, 4.69) is 5.32 Å². The van der Waals surface area contributed by atoms with Gasteiger partial charge in [-0.25, -0.2) is 0 Å². The molecular weight excluding hydrogens is 463 g/mol. The van der Waals surface area contributed by atoms with Crippen LogP contribution in [0, 0.1) is 0 Å². The van der Waals surface area contributed by atoms with Crippen molar-refractivity contribution in [2.75, 3.05) is 12.3 Å². The number of hydrogen-bond donors (Lipinski definition) is 1. The Hall–Kier alpha value is -1.40. The molecule has 0 saturated carbocycles. The summed E-state index contributed by atoms with van der Waals surface area (Å²) in [4.78, 5) is 28.0. The summed E-state index contributed by atoms with van der Waals surface area (Å²) >= 11 is 19.7. The van der Waals surface area contributed by atoms with Gasteiger partial charge in [0, 0.05) is 29.4 Å². The van der Waals surface area contributed by atoms with Gasteiger partial charge in [-0.1, -0.05) is 40.9 Å². The van der Waals surface area contributed by atoms with Crippen molar-refractivity contribution in [3.63, 3.8) is 0 Å². The van der Waals surface area contributed by atoms with Gasteiger partial charge in [-0.2, -0.15) is 0 Å². The van der Waals surface area contributed by atoms with E-state index in [-0.39, 0.29) is 11.8 Å². The lowest BCUT2D eigenvalue weighted by molar-refractivity contribution is -0.140. The number of rotatable bonds is 10. The van der Waals surface area contributed by atoms with Gasteiger partial charge in [-0.3, -0.25) is 9.59 Å². The maximum Gasteiger partial charge on any atom is 0.242 e. The molecule has 1 atom stereocenters. The molecule has 0 radical (unpaired) electrons. The molecule has 0 aliphatic heterocycles. The van der Waals surface area contributed by atoms with Crippen LogP contribution in [0.25, 0.3) is 0 Å². The molecule has 1 N–H and O–H groups in total. The molecule has 0 aromatic heterocycles.